The molecule has 0 radical (unpaired) electrons. The maximum atomic E-state index is 12.3. The Morgan fingerprint density at radius 3 is 2.71 bits per heavy atom. The maximum absolute atomic E-state index is 12.3. The van der Waals surface area contributed by atoms with Gasteiger partial charge in [0.05, 0.1) is 11.0 Å². The van der Waals surface area contributed by atoms with Gasteiger partial charge in [-0.2, -0.15) is 0 Å². The Kier molecular flexibility index (Phi) is 4.38. The van der Waals surface area contributed by atoms with Crippen molar-refractivity contribution in [3.05, 3.63) is 59.4 Å². The number of fused-ring (bicyclic) bond motifs is 1. The van der Waals surface area contributed by atoms with Crippen molar-refractivity contribution in [1.29, 1.82) is 0 Å². The third kappa shape index (κ3) is 3.04. The van der Waals surface area contributed by atoms with E-state index >= 15 is 0 Å². The van der Waals surface area contributed by atoms with E-state index in [4.69, 9.17) is 0 Å². The van der Waals surface area contributed by atoms with E-state index < -0.39 is 0 Å². The van der Waals surface area contributed by atoms with Crippen LogP contribution >= 0.6 is 0 Å². The van der Waals surface area contributed by atoms with Crippen molar-refractivity contribution in [2.24, 2.45) is 0 Å². The number of hydrogen-bond acceptors (Lipinski definition) is 2. The third-order valence-corrected chi connectivity index (χ3v) is 4.33. The SMILES string of the molecule is CCC(C)NC(=O)c1ccc2c(c1)nc(C)n2-c1cccc(C)c1. The molecule has 4 heteroatoms. The number of rotatable bonds is 4. The van der Waals surface area contributed by atoms with Gasteiger partial charge in [-0.3, -0.25) is 9.36 Å². The second-order valence-corrected chi connectivity index (χ2v) is 6.32. The molecule has 24 heavy (non-hydrogen) atoms. The Balaban J connectivity index is 2.03. The molecule has 124 valence electrons. The highest BCUT2D eigenvalue weighted by atomic mass is 16.1. The molecule has 3 aromatic rings. The number of hydrogen-bond donors (Lipinski definition) is 1. The smallest absolute Gasteiger partial charge is 0.251 e. The molecule has 1 amide bonds. The Labute approximate surface area is 142 Å². The number of amides is 1. The summed E-state index contributed by atoms with van der Waals surface area (Å²) < 4.78 is 2.12. The highest BCUT2D eigenvalue weighted by Crippen LogP contribution is 2.23. The van der Waals surface area contributed by atoms with Gasteiger partial charge < -0.3 is 5.32 Å². The summed E-state index contributed by atoms with van der Waals surface area (Å²) in [6, 6.07) is 14.2. The van der Waals surface area contributed by atoms with Crippen molar-refractivity contribution in [2.75, 3.05) is 0 Å². The Morgan fingerprint density at radius 1 is 1.21 bits per heavy atom. The van der Waals surface area contributed by atoms with E-state index in [1.54, 1.807) is 0 Å². The Morgan fingerprint density at radius 2 is 2.00 bits per heavy atom. The molecule has 3 rings (SSSR count). The summed E-state index contributed by atoms with van der Waals surface area (Å²) in [5.41, 5.74) is 4.80. The topological polar surface area (TPSA) is 46.9 Å². The zero-order valence-electron chi connectivity index (χ0n) is 14.6. The van der Waals surface area contributed by atoms with Gasteiger partial charge in [-0.1, -0.05) is 19.1 Å². The first-order valence-corrected chi connectivity index (χ1v) is 8.36. The maximum Gasteiger partial charge on any atom is 0.251 e. The van der Waals surface area contributed by atoms with Crippen molar-refractivity contribution in [2.45, 2.75) is 40.2 Å². The quantitative estimate of drug-likeness (QED) is 0.784. The first kappa shape index (κ1) is 16.2. The van der Waals surface area contributed by atoms with Crippen LogP contribution in [-0.2, 0) is 0 Å². The van der Waals surface area contributed by atoms with Gasteiger partial charge in [0.1, 0.15) is 5.82 Å². The van der Waals surface area contributed by atoms with Gasteiger partial charge in [-0.05, 0) is 63.1 Å². The second kappa shape index (κ2) is 6.48. The fraction of sp³-hybridized carbons (Fsp3) is 0.300. The van der Waals surface area contributed by atoms with Crippen LogP contribution in [0.25, 0.3) is 16.7 Å². The summed E-state index contributed by atoms with van der Waals surface area (Å²) >= 11 is 0. The van der Waals surface area contributed by atoms with E-state index in [1.165, 1.54) is 5.56 Å². The zero-order valence-corrected chi connectivity index (χ0v) is 14.6. The zero-order chi connectivity index (χ0) is 17.3. The number of carbonyl (C=O) groups excluding carboxylic acids is 1. The lowest BCUT2D eigenvalue weighted by atomic mass is 10.1. The summed E-state index contributed by atoms with van der Waals surface area (Å²) in [5.74, 6) is 0.865. The van der Waals surface area contributed by atoms with E-state index in [2.05, 4.69) is 46.9 Å². The molecule has 0 fully saturated rings. The molecule has 1 atom stereocenters. The first-order chi connectivity index (χ1) is 11.5. The summed E-state index contributed by atoms with van der Waals surface area (Å²) in [4.78, 5) is 17.0. The number of aromatic nitrogens is 2. The van der Waals surface area contributed by atoms with E-state index in [1.807, 2.05) is 38.1 Å². The third-order valence-electron chi connectivity index (χ3n) is 4.33. The van der Waals surface area contributed by atoms with Crippen LogP contribution in [0.5, 0.6) is 0 Å². The second-order valence-electron chi connectivity index (χ2n) is 6.32. The summed E-state index contributed by atoms with van der Waals surface area (Å²) in [6.45, 7) is 8.13. The minimum absolute atomic E-state index is 0.0472. The van der Waals surface area contributed by atoms with Gasteiger partial charge in [0.2, 0.25) is 0 Å². The van der Waals surface area contributed by atoms with Crippen LogP contribution in [0.15, 0.2) is 42.5 Å². The molecule has 2 aromatic carbocycles. The van der Waals surface area contributed by atoms with E-state index in [-0.39, 0.29) is 11.9 Å². The number of nitrogens with zero attached hydrogens (tertiary/aromatic N) is 2. The van der Waals surface area contributed by atoms with Crippen LogP contribution in [0.2, 0.25) is 0 Å². The average Bonchev–Trinajstić information content (AvgIpc) is 2.89. The van der Waals surface area contributed by atoms with Crippen molar-refractivity contribution in [3.63, 3.8) is 0 Å². The number of imidazole rings is 1. The van der Waals surface area contributed by atoms with Crippen LogP contribution in [0.1, 0.15) is 42.0 Å². The van der Waals surface area contributed by atoms with Crippen molar-refractivity contribution in [1.82, 2.24) is 14.9 Å². The van der Waals surface area contributed by atoms with Crippen molar-refractivity contribution in [3.8, 4) is 5.69 Å². The first-order valence-electron chi connectivity index (χ1n) is 8.36. The Bertz CT molecular complexity index is 895. The van der Waals surface area contributed by atoms with Gasteiger partial charge in [-0.15, -0.1) is 0 Å². The van der Waals surface area contributed by atoms with Crippen LogP contribution in [0.4, 0.5) is 0 Å². The normalized spacial score (nSPS) is 12.3. The van der Waals surface area contributed by atoms with Gasteiger partial charge in [0, 0.05) is 17.3 Å². The molecule has 1 aromatic heterocycles. The molecule has 1 N–H and O–H groups in total. The highest BCUT2D eigenvalue weighted by molar-refractivity contribution is 5.97. The largest absolute Gasteiger partial charge is 0.350 e. The fourth-order valence-corrected chi connectivity index (χ4v) is 2.84. The van der Waals surface area contributed by atoms with Crippen LogP contribution in [0.3, 0.4) is 0 Å². The lowest BCUT2D eigenvalue weighted by Crippen LogP contribution is -2.31. The Hall–Kier alpha value is -2.62. The van der Waals surface area contributed by atoms with Crippen molar-refractivity contribution < 1.29 is 4.79 Å². The summed E-state index contributed by atoms with van der Waals surface area (Å²) in [6.07, 6.45) is 0.912. The van der Waals surface area contributed by atoms with E-state index in [0.717, 1.165) is 29.0 Å². The predicted molar refractivity (Wildman–Crippen MR) is 97.8 cm³/mol. The van der Waals surface area contributed by atoms with Gasteiger partial charge in [0.25, 0.3) is 5.91 Å². The standard InChI is InChI=1S/C20H23N3O/c1-5-14(3)21-20(24)16-9-10-19-18(12-16)22-15(4)23(19)17-8-6-7-13(2)11-17/h6-12,14H,5H2,1-4H3,(H,21,24). The lowest BCUT2D eigenvalue weighted by Gasteiger charge is -2.11. The summed E-state index contributed by atoms with van der Waals surface area (Å²) in [5, 5.41) is 3.00. The minimum Gasteiger partial charge on any atom is -0.350 e. The molecule has 0 bridgehead atoms. The molecule has 0 saturated heterocycles. The van der Waals surface area contributed by atoms with Crippen LogP contribution in [-0.4, -0.2) is 21.5 Å². The molecule has 0 aliphatic carbocycles. The number of benzene rings is 2. The number of aryl methyl sites for hydroxylation is 2. The molecule has 1 unspecified atom stereocenters. The van der Waals surface area contributed by atoms with Gasteiger partial charge in [0.15, 0.2) is 0 Å². The molecular weight excluding hydrogens is 298 g/mol. The molecule has 0 aliphatic rings. The molecule has 0 saturated carbocycles. The number of carbonyl (C=O) groups is 1. The van der Waals surface area contributed by atoms with Crippen LogP contribution < -0.4 is 5.32 Å². The van der Waals surface area contributed by atoms with Crippen molar-refractivity contribution >= 4 is 16.9 Å². The molecule has 0 spiro atoms. The fourth-order valence-electron chi connectivity index (χ4n) is 2.84. The van der Waals surface area contributed by atoms with E-state index in [9.17, 15) is 4.79 Å². The molecule has 1 heterocycles. The highest BCUT2D eigenvalue weighted by Gasteiger charge is 2.13. The van der Waals surface area contributed by atoms with Gasteiger partial charge >= 0.3 is 0 Å². The predicted octanol–water partition coefficient (Wildman–Crippen LogP) is 4.17. The monoisotopic (exact) mass is 321 g/mol. The van der Waals surface area contributed by atoms with E-state index in [0.29, 0.717) is 5.56 Å². The summed E-state index contributed by atoms with van der Waals surface area (Å²) in [7, 11) is 0. The number of nitrogens with one attached hydrogen (secondary N) is 1. The average molecular weight is 321 g/mol. The molecule has 0 aliphatic heterocycles. The molecule has 4 nitrogen and oxygen atoms in total. The minimum atomic E-state index is -0.0472. The van der Waals surface area contributed by atoms with Gasteiger partial charge in [-0.25, -0.2) is 4.98 Å². The molecular formula is C20H23N3O. The lowest BCUT2D eigenvalue weighted by molar-refractivity contribution is 0.0939. The van der Waals surface area contributed by atoms with Crippen LogP contribution in [0, 0.1) is 13.8 Å².